The highest BCUT2D eigenvalue weighted by Gasteiger charge is 2.17. The van der Waals surface area contributed by atoms with Crippen molar-refractivity contribution >= 4 is 33.0 Å². The number of ether oxygens (including phenoxy) is 1. The van der Waals surface area contributed by atoms with E-state index in [1.54, 1.807) is 30.3 Å². The number of rotatable bonds is 7. The molecule has 0 saturated heterocycles. The summed E-state index contributed by atoms with van der Waals surface area (Å²) in [6.45, 7) is -0.188. The number of para-hydroxylation sites is 1. The fraction of sp³-hybridized carbons (Fsp3) is 0.0500. The highest BCUT2D eigenvalue weighted by Crippen LogP contribution is 2.23. The number of thiophene rings is 1. The summed E-state index contributed by atoms with van der Waals surface area (Å²) in [5.74, 6) is -0.111. The quantitative estimate of drug-likeness (QED) is 0.432. The molecule has 4 aromatic rings. The molecule has 10 heteroatoms. The van der Waals surface area contributed by atoms with Gasteiger partial charge in [0.2, 0.25) is 0 Å². The maximum Gasteiger partial charge on any atom is 0.338 e. The van der Waals surface area contributed by atoms with Crippen LogP contribution in [0, 0.1) is 0 Å². The SMILES string of the molecule is O=C(OCc1nnc(-c2cccs2)o1)c1ccc(S(=O)(=O)Nc2ccccc2)cc1. The van der Waals surface area contributed by atoms with E-state index in [-0.39, 0.29) is 23.0 Å². The van der Waals surface area contributed by atoms with Gasteiger partial charge in [-0.05, 0) is 47.8 Å². The van der Waals surface area contributed by atoms with Crippen LogP contribution >= 0.6 is 11.3 Å². The lowest BCUT2D eigenvalue weighted by molar-refractivity contribution is 0.0438. The molecule has 8 nitrogen and oxygen atoms in total. The van der Waals surface area contributed by atoms with Crippen LogP contribution in [0.4, 0.5) is 5.69 Å². The molecule has 2 aromatic heterocycles. The lowest BCUT2D eigenvalue weighted by Crippen LogP contribution is -2.13. The van der Waals surface area contributed by atoms with Crippen molar-refractivity contribution in [2.75, 3.05) is 4.72 Å². The van der Waals surface area contributed by atoms with Crippen molar-refractivity contribution in [1.29, 1.82) is 0 Å². The van der Waals surface area contributed by atoms with Crippen molar-refractivity contribution in [3.8, 4) is 10.8 Å². The van der Waals surface area contributed by atoms with Crippen LogP contribution in [0.3, 0.4) is 0 Å². The second kappa shape index (κ2) is 8.47. The number of anilines is 1. The summed E-state index contributed by atoms with van der Waals surface area (Å²) >= 11 is 1.46. The molecule has 0 aliphatic heterocycles. The molecule has 0 amide bonds. The van der Waals surface area contributed by atoms with Crippen LogP contribution < -0.4 is 4.72 Å². The Morgan fingerprint density at radius 1 is 1.00 bits per heavy atom. The topological polar surface area (TPSA) is 111 Å². The number of hydrogen-bond donors (Lipinski definition) is 1. The van der Waals surface area contributed by atoms with Gasteiger partial charge in [0.15, 0.2) is 6.61 Å². The maximum absolute atomic E-state index is 12.4. The molecule has 0 spiro atoms. The van der Waals surface area contributed by atoms with E-state index in [9.17, 15) is 13.2 Å². The molecule has 0 aliphatic carbocycles. The van der Waals surface area contributed by atoms with Gasteiger partial charge >= 0.3 is 5.97 Å². The predicted octanol–water partition coefficient (Wildman–Crippen LogP) is 3.96. The van der Waals surface area contributed by atoms with Crippen molar-refractivity contribution < 1.29 is 22.4 Å². The fourth-order valence-electron chi connectivity index (χ4n) is 2.51. The third-order valence-corrected chi connectivity index (χ3v) is 6.21. The first kappa shape index (κ1) is 19.8. The number of nitrogens with one attached hydrogen (secondary N) is 1. The Morgan fingerprint density at radius 3 is 2.47 bits per heavy atom. The molecular formula is C20H15N3O5S2. The van der Waals surface area contributed by atoms with Gasteiger partial charge in [0.25, 0.3) is 21.8 Å². The molecular weight excluding hydrogens is 426 g/mol. The highest BCUT2D eigenvalue weighted by molar-refractivity contribution is 7.92. The minimum absolute atomic E-state index is 0.0281. The van der Waals surface area contributed by atoms with E-state index >= 15 is 0 Å². The smallest absolute Gasteiger partial charge is 0.338 e. The van der Waals surface area contributed by atoms with E-state index in [4.69, 9.17) is 9.15 Å². The lowest BCUT2D eigenvalue weighted by atomic mass is 10.2. The molecule has 4 rings (SSSR count). The van der Waals surface area contributed by atoms with Crippen molar-refractivity contribution in [2.24, 2.45) is 0 Å². The summed E-state index contributed by atoms with van der Waals surface area (Å²) in [6, 6.07) is 17.7. The minimum Gasteiger partial charge on any atom is -0.452 e. The minimum atomic E-state index is -3.76. The van der Waals surface area contributed by atoms with E-state index in [1.165, 1.54) is 35.6 Å². The fourth-order valence-corrected chi connectivity index (χ4v) is 4.22. The number of benzene rings is 2. The average molecular weight is 441 g/mol. The predicted molar refractivity (Wildman–Crippen MR) is 110 cm³/mol. The summed E-state index contributed by atoms with van der Waals surface area (Å²) in [5.41, 5.74) is 0.647. The van der Waals surface area contributed by atoms with Gasteiger partial charge in [-0.25, -0.2) is 13.2 Å². The van der Waals surface area contributed by atoms with Crippen LogP contribution in [0.15, 0.2) is 81.4 Å². The standard InChI is InChI=1S/C20H15N3O5S2/c24-20(27-13-18-21-22-19(28-18)17-7-4-12-29-17)14-8-10-16(11-9-14)30(25,26)23-15-5-2-1-3-6-15/h1-12,23H,13H2. The number of hydrogen-bond acceptors (Lipinski definition) is 8. The van der Waals surface area contributed by atoms with Gasteiger partial charge in [0.05, 0.1) is 15.3 Å². The number of carbonyl (C=O) groups is 1. The lowest BCUT2D eigenvalue weighted by Gasteiger charge is -2.08. The summed E-state index contributed by atoms with van der Waals surface area (Å²) in [7, 11) is -3.76. The molecule has 0 unspecified atom stereocenters. The average Bonchev–Trinajstić information content (AvgIpc) is 3.44. The van der Waals surface area contributed by atoms with Crippen molar-refractivity contribution in [3.63, 3.8) is 0 Å². The van der Waals surface area contributed by atoms with E-state index < -0.39 is 16.0 Å². The summed E-state index contributed by atoms with van der Waals surface area (Å²) in [6.07, 6.45) is 0. The first-order chi connectivity index (χ1) is 14.5. The third-order valence-electron chi connectivity index (χ3n) is 3.95. The van der Waals surface area contributed by atoms with Crippen molar-refractivity contribution in [1.82, 2.24) is 10.2 Å². The second-order valence-electron chi connectivity index (χ2n) is 6.05. The Hall–Kier alpha value is -3.50. The Labute approximate surface area is 176 Å². The zero-order valence-corrected chi connectivity index (χ0v) is 17.0. The Morgan fingerprint density at radius 2 is 1.77 bits per heavy atom. The van der Waals surface area contributed by atoms with Gasteiger partial charge in [0.1, 0.15) is 0 Å². The van der Waals surface area contributed by atoms with Crippen LogP contribution in [-0.2, 0) is 21.4 Å². The van der Waals surface area contributed by atoms with Crippen LogP contribution in [0.25, 0.3) is 10.8 Å². The van der Waals surface area contributed by atoms with E-state index in [0.29, 0.717) is 11.6 Å². The van der Waals surface area contributed by atoms with Gasteiger partial charge in [-0.3, -0.25) is 4.72 Å². The number of sulfonamides is 1. The second-order valence-corrected chi connectivity index (χ2v) is 8.68. The molecule has 1 N–H and O–H groups in total. The van der Waals surface area contributed by atoms with E-state index in [1.807, 2.05) is 17.5 Å². The molecule has 30 heavy (non-hydrogen) atoms. The summed E-state index contributed by atoms with van der Waals surface area (Å²) < 4.78 is 38.0. The molecule has 0 aliphatic rings. The zero-order valence-electron chi connectivity index (χ0n) is 15.4. The van der Waals surface area contributed by atoms with Crippen LogP contribution in [0.2, 0.25) is 0 Å². The Balaban J connectivity index is 1.38. The van der Waals surface area contributed by atoms with Crippen LogP contribution in [0.5, 0.6) is 0 Å². The number of carbonyl (C=O) groups excluding carboxylic acids is 1. The van der Waals surface area contributed by atoms with E-state index in [0.717, 1.165) is 4.88 Å². The van der Waals surface area contributed by atoms with Gasteiger partial charge < -0.3 is 9.15 Å². The Kier molecular flexibility index (Phi) is 5.59. The highest BCUT2D eigenvalue weighted by atomic mass is 32.2. The summed E-state index contributed by atoms with van der Waals surface area (Å²) in [5, 5.41) is 9.65. The normalized spacial score (nSPS) is 11.2. The number of esters is 1. The largest absolute Gasteiger partial charge is 0.452 e. The molecule has 0 radical (unpaired) electrons. The molecule has 0 saturated carbocycles. The van der Waals surface area contributed by atoms with Crippen LogP contribution in [-0.4, -0.2) is 24.6 Å². The number of aromatic nitrogens is 2. The third kappa shape index (κ3) is 4.56. The zero-order chi connectivity index (χ0) is 21.0. The van der Waals surface area contributed by atoms with Gasteiger partial charge in [-0.2, -0.15) is 0 Å². The van der Waals surface area contributed by atoms with Gasteiger partial charge in [0, 0.05) is 5.69 Å². The number of nitrogens with zero attached hydrogens (tertiary/aromatic N) is 2. The first-order valence-electron chi connectivity index (χ1n) is 8.72. The van der Waals surface area contributed by atoms with Gasteiger partial charge in [-0.15, -0.1) is 21.5 Å². The van der Waals surface area contributed by atoms with E-state index in [2.05, 4.69) is 14.9 Å². The van der Waals surface area contributed by atoms with Crippen LogP contribution in [0.1, 0.15) is 16.2 Å². The molecule has 152 valence electrons. The summed E-state index contributed by atoms with van der Waals surface area (Å²) in [4.78, 5) is 13.1. The van der Waals surface area contributed by atoms with Crippen molar-refractivity contribution in [2.45, 2.75) is 11.5 Å². The van der Waals surface area contributed by atoms with Gasteiger partial charge in [-0.1, -0.05) is 24.3 Å². The first-order valence-corrected chi connectivity index (χ1v) is 11.1. The molecule has 2 aromatic carbocycles. The van der Waals surface area contributed by atoms with Crippen molar-refractivity contribution in [3.05, 3.63) is 83.6 Å². The molecule has 0 fully saturated rings. The monoisotopic (exact) mass is 441 g/mol. The Bertz CT molecular complexity index is 1240. The molecule has 0 bridgehead atoms. The molecule has 2 heterocycles. The maximum atomic E-state index is 12.4. The molecule has 0 atom stereocenters.